The first-order chi connectivity index (χ1) is 14.6. The van der Waals surface area contributed by atoms with Gasteiger partial charge in [0.05, 0.1) is 11.6 Å². The van der Waals surface area contributed by atoms with Crippen molar-refractivity contribution in [1.29, 1.82) is 0 Å². The molecular weight excluding hydrogens is 425 g/mol. The van der Waals surface area contributed by atoms with Crippen LogP contribution in [0.5, 0.6) is 17.2 Å². The molecule has 1 heterocycles. The van der Waals surface area contributed by atoms with Gasteiger partial charge < -0.3 is 14.0 Å². The van der Waals surface area contributed by atoms with E-state index in [1.165, 1.54) is 0 Å². The summed E-state index contributed by atoms with van der Waals surface area (Å²) in [4.78, 5) is 7.69. The van der Waals surface area contributed by atoms with Crippen LogP contribution < -0.4 is 9.47 Å². The van der Waals surface area contributed by atoms with E-state index >= 15 is 0 Å². The number of ether oxygens (including phenoxy) is 2. The summed E-state index contributed by atoms with van der Waals surface area (Å²) in [6.45, 7) is 7.21. The van der Waals surface area contributed by atoms with E-state index in [4.69, 9.17) is 43.8 Å². The summed E-state index contributed by atoms with van der Waals surface area (Å²) in [5, 5.41) is 4.74. The molecule has 148 valence electrons. The third-order valence-corrected chi connectivity index (χ3v) is 4.51. The number of rotatable bonds is 6. The summed E-state index contributed by atoms with van der Waals surface area (Å²) in [7, 11) is 0. The fourth-order valence-corrected chi connectivity index (χ4v) is 2.99. The molecule has 3 aromatic carbocycles. The highest BCUT2D eigenvalue weighted by Crippen LogP contribution is 2.35. The van der Waals surface area contributed by atoms with Crippen LogP contribution in [-0.2, 0) is 6.61 Å². The molecule has 6 nitrogen and oxygen atoms in total. The molecule has 4 rings (SSSR count). The summed E-state index contributed by atoms with van der Waals surface area (Å²) >= 11 is 12.3. The van der Waals surface area contributed by atoms with E-state index in [-0.39, 0.29) is 6.61 Å². The smallest absolute Gasteiger partial charge is 0.264 e. The molecule has 0 N–H and O–H groups in total. The molecule has 0 saturated carbocycles. The normalized spacial score (nSPS) is 10.4. The van der Waals surface area contributed by atoms with Gasteiger partial charge in [-0.15, -0.1) is 0 Å². The van der Waals surface area contributed by atoms with Crippen LogP contribution in [0.15, 0.2) is 71.3 Å². The summed E-state index contributed by atoms with van der Waals surface area (Å²) in [5.41, 5.74) is 1.22. The Kier molecular flexibility index (Phi) is 5.84. The SMILES string of the molecule is [C-]#[N+]c1cc(Cl)cc(Oc2cc(OCc3nc(-c4ccccc4)no3)ccc2Cl)c1. The van der Waals surface area contributed by atoms with Crippen LogP contribution in [0.1, 0.15) is 5.89 Å². The van der Waals surface area contributed by atoms with Crippen LogP contribution >= 0.6 is 23.2 Å². The molecule has 0 aliphatic rings. The average Bonchev–Trinajstić information content (AvgIpc) is 3.23. The minimum Gasteiger partial charge on any atom is -0.484 e. The first kappa shape index (κ1) is 19.8. The average molecular weight is 438 g/mol. The minimum atomic E-state index is 0.0833. The van der Waals surface area contributed by atoms with Crippen LogP contribution in [0.3, 0.4) is 0 Å². The quantitative estimate of drug-likeness (QED) is 0.305. The number of nitrogens with zero attached hydrogens (tertiary/aromatic N) is 3. The van der Waals surface area contributed by atoms with Gasteiger partial charge in [0, 0.05) is 16.7 Å². The third-order valence-electron chi connectivity index (χ3n) is 3.98. The lowest BCUT2D eigenvalue weighted by Crippen LogP contribution is -1.96. The molecule has 0 saturated heterocycles. The Hall–Kier alpha value is -3.53. The van der Waals surface area contributed by atoms with Crippen LogP contribution in [0.25, 0.3) is 16.2 Å². The minimum absolute atomic E-state index is 0.0833. The lowest BCUT2D eigenvalue weighted by Gasteiger charge is -2.11. The number of aromatic nitrogens is 2. The predicted octanol–water partition coefficient (Wildman–Crippen LogP) is 6.97. The van der Waals surface area contributed by atoms with Gasteiger partial charge in [0.1, 0.15) is 17.2 Å². The van der Waals surface area contributed by atoms with E-state index in [1.807, 2.05) is 30.3 Å². The molecular formula is C22H13Cl2N3O3. The maximum atomic E-state index is 7.13. The van der Waals surface area contributed by atoms with Crippen molar-refractivity contribution in [3.8, 4) is 28.6 Å². The predicted molar refractivity (Wildman–Crippen MR) is 113 cm³/mol. The molecule has 0 unspecified atom stereocenters. The van der Waals surface area contributed by atoms with Crippen molar-refractivity contribution in [1.82, 2.24) is 10.1 Å². The van der Waals surface area contributed by atoms with E-state index in [0.29, 0.717) is 44.7 Å². The van der Waals surface area contributed by atoms with Gasteiger partial charge in [0.25, 0.3) is 5.89 Å². The third kappa shape index (κ3) is 4.71. The zero-order chi connectivity index (χ0) is 20.9. The van der Waals surface area contributed by atoms with Crippen molar-refractivity contribution in [2.24, 2.45) is 0 Å². The highest BCUT2D eigenvalue weighted by molar-refractivity contribution is 6.32. The lowest BCUT2D eigenvalue weighted by molar-refractivity contribution is 0.242. The Labute approximate surface area is 182 Å². The maximum absolute atomic E-state index is 7.13. The van der Waals surface area contributed by atoms with E-state index < -0.39 is 0 Å². The highest BCUT2D eigenvalue weighted by atomic mass is 35.5. The molecule has 4 aromatic rings. The van der Waals surface area contributed by atoms with Crippen molar-refractivity contribution in [2.75, 3.05) is 0 Å². The van der Waals surface area contributed by atoms with Gasteiger partial charge >= 0.3 is 0 Å². The zero-order valence-corrected chi connectivity index (χ0v) is 16.9. The van der Waals surface area contributed by atoms with Crippen LogP contribution in [0.4, 0.5) is 5.69 Å². The fourth-order valence-electron chi connectivity index (χ4n) is 2.61. The Bertz CT molecular complexity index is 1220. The Morgan fingerprint density at radius 3 is 2.60 bits per heavy atom. The molecule has 0 amide bonds. The lowest BCUT2D eigenvalue weighted by atomic mass is 10.2. The standard InChI is InChI=1S/C22H13Cl2N3O3/c1-25-16-9-15(23)10-18(11-16)29-20-12-17(7-8-19(20)24)28-13-21-26-22(27-30-21)14-5-3-2-4-6-14/h2-12H,13H2. The van der Waals surface area contributed by atoms with Gasteiger partial charge in [-0.2, -0.15) is 4.98 Å². The number of benzene rings is 3. The Morgan fingerprint density at radius 1 is 0.967 bits per heavy atom. The molecule has 0 aliphatic heterocycles. The molecule has 0 atom stereocenters. The van der Waals surface area contributed by atoms with E-state index in [1.54, 1.807) is 36.4 Å². The fraction of sp³-hybridized carbons (Fsp3) is 0.0455. The first-order valence-electron chi connectivity index (χ1n) is 8.77. The van der Waals surface area contributed by atoms with Gasteiger partial charge in [-0.1, -0.05) is 58.7 Å². The maximum Gasteiger partial charge on any atom is 0.264 e. The molecule has 0 bridgehead atoms. The van der Waals surface area contributed by atoms with Crippen LogP contribution in [0.2, 0.25) is 10.0 Å². The molecule has 30 heavy (non-hydrogen) atoms. The zero-order valence-electron chi connectivity index (χ0n) is 15.4. The summed E-state index contributed by atoms with van der Waals surface area (Å²) < 4.78 is 16.8. The molecule has 0 aliphatic carbocycles. The molecule has 0 fully saturated rings. The van der Waals surface area contributed by atoms with Gasteiger partial charge in [0.2, 0.25) is 5.82 Å². The molecule has 0 radical (unpaired) electrons. The second-order valence-corrected chi connectivity index (χ2v) is 6.96. The number of hydrogen-bond acceptors (Lipinski definition) is 5. The van der Waals surface area contributed by atoms with Gasteiger partial charge in [0.15, 0.2) is 12.3 Å². The van der Waals surface area contributed by atoms with Crippen molar-refractivity contribution < 1.29 is 14.0 Å². The number of hydrogen-bond donors (Lipinski definition) is 0. The summed E-state index contributed by atoms with van der Waals surface area (Å²) in [6.07, 6.45) is 0. The van der Waals surface area contributed by atoms with Gasteiger partial charge in [-0.3, -0.25) is 0 Å². The van der Waals surface area contributed by atoms with Crippen LogP contribution in [-0.4, -0.2) is 10.1 Å². The van der Waals surface area contributed by atoms with Crippen molar-refractivity contribution in [2.45, 2.75) is 6.61 Å². The Balaban J connectivity index is 1.47. The molecule has 8 heteroatoms. The highest BCUT2D eigenvalue weighted by Gasteiger charge is 2.11. The summed E-state index contributed by atoms with van der Waals surface area (Å²) in [5.74, 6) is 2.09. The van der Waals surface area contributed by atoms with E-state index in [2.05, 4.69) is 15.0 Å². The van der Waals surface area contributed by atoms with Crippen molar-refractivity contribution >= 4 is 28.9 Å². The monoisotopic (exact) mass is 437 g/mol. The van der Waals surface area contributed by atoms with Crippen LogP contribution in [0, 0.1) is 6.57 Å². The second kappa shape index (κ2) is 8.87. The van der Waals surface area contributed by atoms with E-state index in [9.17, 15) is 0 Å². The molecule has 1 aromatic heterocycles. The first-order valence-corrected chi connectivity index (χ1v) is 9.52. The van der Waals surface area contributed by atoms with Crippen molar-refractivity contribution in [3.05, 3.63) is 94.1 Å². The molecule has 0 spiro atoms. The topological polar surface area (TPSA) is 61.7 Å². The summed E-state index contributed by atoms with van der Waals surface area (Å²) in [6, 6.07) is 19.2. The Morgan fingerprint density at radius 2 is 1.80 bits per heavy atom. The van der Waals surface area contributed by atoms with Crippen molar-refractivity contribution in [3.63, 3.8) is 0 Å². The van der Waals surface area contributed by atoms with E-state index in [0.717, 1.165) is 5.56 Å². The largest absolute Gasteiger partial charge is 0.484 e. The second-order valence-electron chi connectivity index (χ2n) is 6.12. The van der Waals surface area contributed by atoms with Gasteiger partial charge in [-0.25, -0.2) is 4.85 Å². The number of halogens is 2. The van der Waals surface area contributed by atoms with Gasteiger partial charge in [-0.05, 0) is 30.3 Å².